The first kappa shape index (κ1) is 18.1. The molecule has 2 aromatic rings. The van der Waals surface area contributed by atoms with Crippen molar-refractivity contribution in [2.45, 2.75) is 18.9 Å². The van der Waals surface area contributed by atoms with Crippen molar-refractivity contribution in [2.24, 2.45) is 0 Å². The molecule has 1 amide bonds. The molecular weight excluding hydrogens is 356 g/mol. The van der Waals surface area contributed by atoms with E-state index in [1.54, 1.807) is 36.4 Å². The van der Waals surface area contributed by atoms with Crippen molar-refractivity contribution in [3.05, 3.63) is 59.7 Å². The molecule has 136 valence electrons. The Morgan fingerprint density at radius 1 is 1.15 bits per heavy atom. The second-order valence-electron chi connectivity index (χ2n) is 6.01. The highest BCUT2D eigenvalue weighted by atomic mass is 32.2. The van der Waals surface area contributed by atoms with Crippen LogP contribution in [0.5, 0.6) is 0 Å². The number of para-hydroxylation sites is 2. The Bertz CT molecular complexity index is 987. The highest BCUT2D eigenvalue weighted by Gasteiger charge is 2.46. The molecule has 2 aromatic carbocycles. The summed E-state index contributed by atoms with van der Waals surface area (Å²) in [6.45, 7) is 1.48. The average Bonchev–Trinajstić information content (AvgIpc) is 2.86. The Kier molecular flexibility index (Phi) is 4.55. The van der Waals surface area contributed by atoms with Crippen molar-refractivity contribution >= 4 is 33.1 Å². The van der Waals surface area contributed by atoms with Crippen LogP contribution in [-0.4, -0.2) is 31.0 Å². The summed E-state index contributed by atoms with van der Waals surface area (Å²) >= 11 is 0. The lowest BCUT2D eigenvalue weighted by Gasteiger charge is -2.20. The Morgan fingerprint density at radius 2 is 1.81 bits per heavy atom. The van der Waals surface area contributed by atoms with E-state index in [-0.39, 0.29) is 17.0 Å². The third-order valence-corrected chi connectivity index (χ3v) is 5.58. The van der Waals surface area contributed by atoms with Crippen LogP contribution in [0.15, 0.2) is 48.5 Å². The van der Waals surface area contributed by atoms with Gasteiger partial charge in [-0.3, -0.25) is 14.3 Å². The fourth-order valence-corrected chi connectivity index (χ4v) is 3.52. The first-order valence-electron chi connectivity index (χ1n) is 8.03. The maximum atomic E-state index is 12.8. The molecule has 7 nitrogen and oxygen atoms in total. The molecule has 1 unspecified atom stereocenters. The lowest BCUT2D eigenvalue weighted by molar-refractivity contribution is -0.133. The van der Waals surface area contributed by atoms with Crippen LogP contribution in [0.4, 0.5) is 11.4 Å². The van der Waals surface area contributed by atoms with Gasteiger partial charge in [-0.15, -0.1) is 0 Å². The van der Waals surface area contributed by atoms with Crippen LogP contribution in [0.3, 0.4) is 0 Å². The van der Waals surface area contributed by atoms with Gasteiger partial charge < -0.3 is 10.4 Å². The van der Waals surface area contributed by atoms with Crippen LogP contribution >= 0.6 is 0 Å². The van der Waals surface area contributed by atoms with Crippen molar-refractivity contribution in [2.75, 3.05) is 15.8 Å². The molecule has 0 spiro atoms. The number of carbonyl (C=O) groups is 2. The molecule has 1 aliphatic heterocycles. The van der Waals surface area contributed by atoms with Crippen molar-refractivity contribution in [3.8, 4) is 0 Å². The number of nitrogens with one attached hydrogen (secondary N) is 2. The lowest BCUT2D eigenvalue weighted by Crippen LogP contribution is -2.36. The second-order valence-corrected chi connectivity index (χ2v) is 8.02. The Balaban J connectivity index is 1.94. The first-order chi connectivity index (χ1) is 12.3. The molecule has 1 atom stereocenters. The summed E-state index contributed by atoms with van der Waals surface area (Å²) in [7, 11) is -3.57. The number of benzene rings is 2. The predicted molar refractivity (Wildman–Crippen MR) is 97.4 cm³/mol. The van der Waals surface area contributed by atoms with Gasteiger partial charge in [0.2, 0.25) is 10.0 Å². The Hall–Kier alpha value is -2.71. The van der Waals surface area contributed by atoms with E-state index in [0.29, 0.717) is 11.3 Å². The number of hydrogen-bond donors (Lipinski definition) is 3. The highest BCUT2D eigenvalue weighted by Crippen LogP contribution is 2.39. The average molecular weight is 374 g/mol. The second kappa shape index (κ2) is 6.54. The highest BCUT2D eigenvalue weighted by molar-refractivity contribution is 7.92. The van der Waals surface area contributed by atoms with Crippen LogP contribution in [0.25, 0.3) is 0 Å². The van der Waals surface area contributed by atoms with Gasteiger partial charge >= 0.3 is 0 Å². The fraction of sp³-hybridized carbons (Fsp3) is 0.222. The molecule has 1 aliphatic rings. The number of aliphatic hydroxyl groups is 1. The third-order valence-electron chi connectivity index (χ3n) is 4.29. The zero-order chi connectivity index (χ0) is 18.9. The molecule has 1 heterocycles. The topological polar surface area (TPSA) is 113 Å². The van der Waals surface area contributed by atoms with Gasteiger partial charge in [-0.2, -0.15) is 0 Å². The number of rotatable bonds is 6. The zero-order valence-corrected chi connectivity index (χ0v) is 14.8. The normalized spacial score (nSPS) is 18.9. The monoisotopic (exact) mass is 374 g/mol. The maximum Gasteiger partial charge on any atom is 0.261 e. The van der Waals surface area contributed by atoms with Crippen molar-refractivity contribution < 1.29 is 23.1 Å². The number of Topliss-reactive ketones (excluding diaryl/α,β-unsaturated/α-hetero) is 1. The molecule has 0 fully saturated rings. The molecule has 0 aliphatic carbocycles. The summed E-state index contributed by atoms with van der Waals surface area (Å²) in [6.07, 6.45) is -0.499. The van der Waals surface area contributed by atoms with E-state index in [1.807, 2.05) is 0 Å². The van der Waals surface area contributed by atoms with Gasteiger partial charge in [0, 0.05) is 16.8 Å². The van der Waals surface area contributed by atoms with Crippen LogP contribution in [0, 0.1) is 0 Å². The summed E-state index contributed by atoms with van der Waals surface area (Å²) in [5.41, 5.74) is -1.01. The van der Waals surface area contributed by atoms with Crippen LogP contribution < -0.4 is 10.0 Å². The number of sulfonamides is 1. The molecule has 26 heavy (non-hydrogen) atoms. The van der Waals surface area contributed by atoms with Gasteiger partial charge in [0.1, 0.15) is 0 Å². The number of carbonyl (C=O) groups excluding carboxylic acids is 2. The smallest absolute Gasteiger partial charge is 0.261 e. The van der Waals surface area contributed by atoms with Gasteiger partial charge in [-0.25, -0.2) is 8.42 Å². The van der Waals surface area contributed by atoms with Crippen LogP contribution in [0.1, 0.15) is 29.3 Å². The number of amides is 1. The minimum atomic E-state index is -3.57. The molecule has 0 radical (unpaired) electrons. The van der Waals surface area contributed by atoms with E-state index >= 15 is 0 Å². The largest absolute Gasteiger partial charge is 0.375 e. The van der Waals surface area contributed by atoms with Crippen LogP contribution in [0.2, 0.25) is 0 Å². The molecule has 0 saturated carbocycles. The van der Waals surface area contributed by atoms with Crippen molar-refractivity contribution in [1.82, 2.24) is 0 Å². The summed E-state index contributed by atoms with van der Waals surface area (Å²) in [4.78, 5) is 25.0. The number of ketones is 1. The molecule has 8 heteroatoms. The molecule has 0 aromatic heterocycles. The van der Waals surface area contributed by atoms with Gasteiger partial charge in [0.05, 0.1) is 17.9 Å². The molecule has 0 bridgehead atoms. The molecular formula is C18H18N2O5S. The number of anilines is 2. The fourth-order valence-electron chi connectivity index (χ4n) is 2.86. The summed E-state index contributed by atoms with van der Waals surface area (Å²) in [5.74, 6) is -1.37. The van der Waals surface area contributed by atoms with E-state index in [4.69, 9.17) is 0 Å². The van der Waals surface area contributed by atoms with E-state index in [2.05, 4.69) is 10.0 Å². The first-order valence-corrected chi connectivity index (χ1v) is 9.68. The van der Waals surface area contributed by atoms with Crippen molar-refractivity contribution in [1.29, 1.82) is 0 Å². The summed E-state index contributed by atoms with van der Waals surface area (Å²) < 4.78 is 26.0. The predicted octanol–water partition coefficient (Wildman–Crippen LogP) is 1.86. The Labute approximate surface area is 151 Å². The van der Waals surface area contributed by atoms with E-state index in [0.717, 1.165) is 0 Å². The lowest BCUT2D eigenvalue weighted by atomic mass is 9.88. The van der Waals surface area contributed by atoms with Gasteiger partial charge in [0.15, 0.2) is 11.4 Å². The van der Waals surface area contributed by atoms with Gasteiger partial charge in [0.25, 0.3) is 5.91 Å². The summed E-state index contributed by atoms with van der Waals surface area (Å²) in [5, 5.41) is 13.4. The summed E-state index contributed by atoms with van der Waals surface area (Å²) in [6, 6.07) is 12.7. The van der Waals surface area contributed by atoms with Gasteiger partial charge in [-0.1, -0.05) is 30.3 Å². The standard InChI is InChI=1S/C18H18N2O5S/c1-2-26(24,25)20-14-9-5-3-7-12(14)16(21)11-18(23)13-8-4-6-10-15(13)19-17(18)22/h3-10,20,23H,2,11H2,1H3,(H,19,22). The molecule has 3 N–H and O–H groups in total. The minimum Gasteiger partial charge on any atom is -0.375 e. The van der Waals surface area contributed by atoms with Crippen LogP contribution in [-0.2, 0) is 20.4 Å². The minimum absolute atomic E-state index is 0.0927. The van der Waals surface area contributed by atoms with Gasteiger partial charge in [-0.05, 0) is 25.1 Å². The third kappa shape index (κ3) is 3.21. The molecule has 3 rings (SSSR count). The van der Waals surface area contributed by atoms with E-state index in [9.17, 15) is 23.1 Å². The number of fused-ring (bicyclic) bond motifs is 1. The Morgan fingerprint density at radius 3 is 2.54 bits per heavy atom. The maximum absolute atomic E-state index is 12.8. The number of hydrogen-bond acceptors (Lipinski definition) is 5. The quantitative estimate of drug-likeness (QED) is 0.668. The van der Waals surface area contributed by atoms with E-state index in [1.165, 1.54) is 19.1 Å². The molecule has 0 saturated heterocycles. The SMILES string of the molecule is CCS(=O)(=O)Nc1ccccc1C(=O)CC1(O)C(=O)Nc2ccccc21. The van der Waals surface area contributed by atoms with Crippen molar-refractivity contribution in [3.63, 3.8) is 0 Å². The van der Waals surface area contributed by atoms with E-state index < -0.39 is 33.7 Å². The zero-order valence-electron chi connectivity index (χ0n) is 14.0.